The Kier molecular flexibility index (Phi) is 2.50. The highest BCUT2D eigenvalue weighted by molar-refractivity contribution is 5.39. The molecule has 3 saturated carbocycles. The van der Waals surface area contributed by atoms with Gasteiger partial charge < -0.3 is 0 Å². The summed E-state index contributed by atoms with van der Waals surface area (Å²) in [5.41, 5.74) is 5.77. The zero-order chi connectivity index (χ0) is 14.3. The zero-order valence-electron chi connectivity index (χ0n) is 14.2. The van der Waals surface area contributed by atoms with Crippen molar-refractivity contribution >= 4 is 0 Å². The summed E-state index contributed by atoms with van der Waals surface area (Å²) in [4.78, 5) is 0. The van der Waals surface area contributed by atoms with Gasteiger partial charge in [-0.05, 0) is 78.9 Å². The summed E-state index contributed by atoms with van der Waals surface area (Å²) in [6, 6.07) is 0. The minimum Gasteiger partial charge on any atom is -0.0637 e. The molecule has 0 aromatic heterocycles. The molecule has 0 heterocycles. The van der Waals surface area contributed by atoms with Gasteiger partial charge >= 0.3 is 0 Å². The van der Waals surface area contributed by atoms with Gasteiger partial charge in [-0.15, -0.1) is 0 Å². The van der Waals surface area contributed by atoms with Crippen LogP contribution in [-0.2, 0) is 0 Å². The lowest BCUT2D eigenvalue weighted by atomic mass is 9.55. The summed E-state index contributed by atoms with van der Waals surface area (Å²) in [7, 11) is 0. The predicted molar refractivity (Wildman–Crippen MR) is 85.5 cm³/mol. The van der Waals surface area contributed by atoms with E-state index in [2.05, 4.69) is 34.6 Å². The molecule has 5 unspecified atom stereocenters. The fourth-order valence-corrected chi connectivity index (χ4v) is 6.26. The molecule has 3 fully saturated rings. The molecule has 0 aromatic rings. The molecule has 0 saturated heterocycles. The second kappa shape index (κ2) is 3.73. The molecule has 0 amide bonds. The van der Waals surface area contributed by atoms with E-state index in [0.29, 0.717) is 16.2 Å². The predicted octanol–water partition coefficient (Wildman–Crippen LogP) is 5.98. The third-order valence-electron chi connectivity index (χ3n) is 7.93. The van der Waals surface area contributed by atoms with Crippen molar-refractivity contribution in [2.24, 2.45) is 34.0 Å². The Morgan fingerprint density at radius 2 is 1.65 bits per heavy atom. The fourth-order valence-electron chi connectivity index (χ4n) is 6.26. The second-order valence-electron chi connectivity index (χ2n) is 9.84. The summed E-state index contributed by atoms with van der Waals surface area (Å²) in [6.45, 7) is 12.7. The van der Waals surface area contributed by atoms with Crippen LogP contribution in [0.1, 0.15) is 79.6 Å². The molecule has 20 heavy (non-hydrogen) atoms. The van der Waals surface area contributed by atoms with Gasteiger partial charge in [-0.1, -0.05) is 45.8 Å². The van der Waals surface area contributed by atoms with Crippen LogP contribution in [-0.4, -0.2) is 0 Å². The summed E-state index contributed by atoms with van der Waals surface area (Å²) < 4.78 is 0. The van der Waals surface area contributed by atoms with Crippen LogP contribution >= 0.6 is 0 Å². The van der Waals surface area contributed by atoms with Gasteiger partial charge in [0.25, 0.3) is 0 Å². The van der Waals surface area contributed by atoms with Crippen LogP contribution < -0.4 is 0 Å². The first-order valence-electron chi connectivity index (χ1n) is 9.02. The highest BCUT2D eigenvalue weighted by Crippen LogP contribution is 2.72. The molecule has 0 heteroatoms. The number of allylic oxidation sites excluding steroid dienone is 2. The molecule has 5 atom stereocenters. The van der Waals surface area contributed by atoms with Crippen LogP contribution in [0.25, 0.3) is 0 Å². The van der Waals surface area contributed by atoms with Crippen molar-refractivity contribution < 1.29 is 0 Å². The molecule has 112 valence electrons. The molecular formula is C20H32. The monoisotopic (exact) mass is 272 g/mol. The Morgan fingerprint density at radius 1 is 0.950 bits per heavy atom. The van der Waals surface area contributed by atoms with Crippen LogP contribution in [0.2, 0.25) is 0 Å². The van der Waals surface area contributed by atoms with E-state index >= 15 is 0 Å². The third-order valence-corrected chi connectivity index (χ3v) is 7.93. The summed E-state index contributed by atoms with van der Waals surface area (Å²) in [6.07, 6.45) is 10.3. The second-order valence-corrected chi connectivity index (χ2v) is 9.84. The molecular weight excluding hydrogens is 240 g/mol. The standard InChI is InChI=1S/C20H32/c1-13(2)15-6-7-18(3)8-9-19(4)10-14-11-20(14,5)12-16(19)17(15)18/h13-15H,6-12H2,1-5H3. The maximum Gasteiger partial charge on any atom is -0.0110 e. The lowest BCUT2D eigenvalue weighted by molar-refractivity contribution is 0.166. The molecule has 0 N–H and O–H groups in total. The summed E-state index contributed by atoms with van der Waals surface area (Å²) in [5.74, 6) is 2.79. The van der Waals surface area contributed by atoms with Crippen molar-refractivity contribution in [1.29, 1.82) is 0 Å². The van der Waals surface area contributed by atoms with E-state index < -0.39 is 0 Å². The van der Waals surface area contributed by atoms with Gasteiger partial charge in [-0.25, -0.2) is 0 Å². The molecule has 0 nitrogen and oxygen atoms in total. The van der Waals surface area contributed by atoms with E-state index in [4.69, 9.17) is 0 Å². The van der Waals surface area contributed by atoms with Crippen LogP contribution in [0, 0.1) is 34.0 Å². The molecule has 4 aliphatic rings. The average Bonchev–Trinajstić information content (AvgIpc) is 2.84. The van der Waals surface area contributed by atoms with Gasteiger partial charge in [-0.2, -0.15) is 0 Å². The maximum absolute atomic E-state index is 2.61. The smallest absolute Gasteiger partial charge is 0.0110 e. The molecule has 4 aliphatic carbocycles. The van der Waals surface area contributed by atoms with Gasteiger partial charge in [-0.3, -0.25) is 0 Å². The maximum atomic E-state index is 2.61. The van der Waals surface area contributed by atoms with Crippen LogP contribution in [0.5, 0.6) is 0 Å². The number of rotatable bonds is 1. The highest BCUT2D eigenvalue weighted by Gasteiger charge is 2.61. The Bertz CT molecular complexity index is 484. The Labute approximate surface area is 125 Å². The van der Waals surface area contributed by atoms with Crippen molar-refractivity contribution in [3.63, 3.8) is 0 Å². The zero-order valence-corrected chi connectivity index (χ0v) is 14.2. The molecule has 0 aliphatic heterocycles. The minimum atomic E-state index is 0.571. The van der Waals surface area contributed by atoms with E-state index in [0.717, 1.165) is 17.8 Å². The third kappa shape index (κ3) is 1.60. The number of hydrogen-bond donors (Lipinski definition) is 0. The normalized spacial score (nSPS) is 53.7. The number of hydrogen-bond acceptors (Lipinski definition) is 0. The lowest BCUT2D eigenvalue weighted by Crippen LogP contribution is -2.37. The Morgan fingerprint density at radius 3 is 2.35 bits per heavy atom. The summed E-state index contributed by atoms with van der Waals surface area (Å²) >= 11 is 0. The quantitative estimate of drug-likeness (QED) is 0.515. The fraction of sp³-hybridized carbons (Fsp3) is 0.900. The van der Waals surface area contributed by atoms with E-state index in [1.54, 1.807) is 0 Å². The SMILES string of the molecule is CC(C)C1CCC2(C)CCC3(C)CC4CC4(C)CC3=C12. The van der Waals surface area contributed by atoms with Crippen molar-refractivity contribution in [2.75, 3.05) is 0 Å². The van der Waals surface area contributed by atoms with Crippen LogP contribution in [0.15, 0.2) is 11.1 Å². The van der Waals surface area contributed by atoms with Gasteiger partial charge in [0.05, 0.1) is 0 Å². The first kappa shape index (κ1) is 13.4. The van der Waals surface area contributed by atoms with E-state index in [1.165, 1.54) is 44.9 Å². The summed E-state index contributed by atoms with van der Waals surface area (Å²) in [5, 5.41) is 0. The van der Waals surface area contributed by atoms with Gasteiger partial charge in [0.15, 0.2) is 0 Å². The van der Waals surface area contributed by atoms with Crippen molar-refractivity contribution in [1.82, 2.24) is 0 Å². The van der Waals surface area contributed by atoms with E-state index in [9.17, 15) is 0 Å². The first-order valence-corrected chi connectivity index (χ1v) is 9.02. The Balaban J connectivity index is 1.85. The number of fused-ring (bicyclic) bond motifs is 3. The Hall–Kier alpha value is -0.260. The van der Waals surface area contributed by atoms with Crippen molar-refractivity contribution in [3.05, 3.63) is 11.1 Å². The molecule has 0 aromatic carbocycles. The van der Waals surface area contributed by atoms with Gasteiger partial charge in [0, 0.05) is 0 Å². The van der Waals surface area contributed by atoms with Crippen molar-refractivity contribution in [2.45, 2.75) is 79.6 Å². The highest BCUT2D eigenvalue weighted by atomic mass is 14.7. The van der Waals surface area contributed by atoms with E-state index in [-0.39, 0.29) is 0 Å². The topological polar surface area (TPSA) is 0 Å². The lowest BCUT2D eigenvalue weighted by Gasteiger charge is -2.49. The molecule has 4 rings (SSSR count). The molecule has 0 radical (unpaired) electrons. The first-order chi connectivity index (χ1) is 9.28. The molecule has 0 bridgehead atoms. The van der Waals surface area contributed by atoms with Gasteiger partial charge in [0.2, 0.25) is 0 Å². The average molecular weight is 272 g/mol. The van der Waals surface area contributed by atoms with Crippen LogP contribution in [0.3, 0.4) is 0 Å². The molecule has 0 spiro atoms. The van der Waals surface area contributed by atoms with E-state index in [1.807, 2.05) is 11.1 Å². The van der Waals surface area contributed by atoms with Crippen molar-refractivity contribution in [3.8, 4) is 0 Å². The largest absolute Gasteiger partial charge is 0.0637 e. The van der Waals surface area contributed by atoms with Gasteiger partial charge in [0.1, 0.15) is 0 Å². The van der Waals surface area contributed by atoms with Crippen LogP contribution in [0.4, 0.5) is 0 Å². The minimum absolute atomic E-state index is 0.571.